The Hall–Kier alpha value is -2.37. The van der Waals surface area contributed by atoms with Gasteiger partial charge < -0.3 is 14.4 Å². The number of ether oxygens (including phenoxy) is 2. The Bertz CT molecular complexity index is 722. The predicted molar refractivity (Wildman–Crippen MR) is 89.7 cm³/mol. The molecule has 0 saturated carbocycles. The molecule has 5 nitrogen and oxygen atoms in total. The predicted octanol–water partition coefficient (Wildman–Crippen LogP) is 3.40. The molecule has 1 saturated heterocycles. The van der Waals surface area contributed by atoms with Gasteiger partial charge in [0.15, 0.2) is 5.78 Å². The van der Waals surface area contributed by atoms with E-state index in [1.54, 1.807) is 53.4 Å². The second kappa shape index (κ2) is 7.47. The zero-order valence-electron chi connectivity index (χ0n) is 12.9. The molecule has 0 spiro atoms. The molecule has 0 unspecified atom stereocenters. The maximum Gasteiger partial charge on any atom is 0.415 e. The van der Waals surface area contributed by atoms with E-state index in [4.69, 9.17) is 21.1 Å². The second-order valence-electron chi connectivity index (χ2n) is 5.33. The highest BCUT2D eigenvalue weighted by Gasteiger charge is 2.19. The molecule has 0 atom stereocenters. The molecule has 124 valence electrons. The third kappa shape index (κ3) is 3.93. The fourth-order valence-electron chi connectivity index (χ4n) is 2.35. The van der Waals surface area contributed by atoms with Crippen LogP contribution in [0.5, 0.6) is 5.75 Å². The lowest BCUT2D eigenvalue weighted by Crippen LogP contribution is -2.42. The van der Waals surface area contributed by atoms with E-state index in [1.807, 2.05) is 0 Å². The second-order valence-corrected chi connectivity index (χ2v) is 5.76. The van der Waals surface area contributed by atoms with Gasteiger partial charge in [0.2, 0.25) is 0 Å². The highest BCUT2D eigenvalue weighted by molar-refractivity contribution is 6.30. The van der Waals surface area contributed by atoms with E-state index in [0.29, 0.717) is 48.2 Å². The van der Waals surface area contributed by atoms with Crippen LogP contribution >= 0.6 is 11.6 Å². The number of hydrogen-bond donors (Lipinski definition) is 0. The fraction of sp³-hybridized carbons (Fsp3) is 0.222. The summed E-state index contributed by atoms with van der Waals surface area (Å²) in [4.78, 5) is 26.0. The molecule has 1 amide bonds. The summed E-state index contributed by atoms with van der Waals surface area (Å²) in [5, 5.41) is 0.580. The maximum absolute atomic E-state index is 12.4. The van der Waals surface area contributed by atoms with Crippen molar-refractivity contribution in [1.29, 1.82) is 0 Å². The average Bonchev–Trinajstić information content (AvgIpc) is 2.63. The molecule has 24 heavy (non-hydrogen) atoms. The van der Waals surface area contributed by atoms with Crippen LogP contribution in [0.2, 0.25) is 5.02 Å². The summed E-state index contributed by atoms with van der Waals surface area (Å²) in [6.07, 6.45) is -0.407. The molecule has 2 aromatic carbocycles. The summed E-state index contributed by atoms with van der Waals surface area (Å²) in [6.45, 7) is 2.07. The molecule has 0 radical (unpaired) electrons. The number of benzene rings is 2. The lowest BCUT2D eigenvalue weighted by molar-refractivity contribution is 0.0416. The monoisotopic (exact) mass is 345 g/mol. The van der Waals surface area contributed by atoms with Gasteiger partial charge >= 0.3 is 6.09 Å². The standard InChI is InChI=1S/C18H16ClNO4/c19-15-5-1-13(2-6-15)17(21)14-3-7-16(8-4-14)24-18(22)20-9-11-23-12-10-20/h1-8H,9-12H2. The summed E-state index contributed by atoms with van der Waals surface area (Å²) in [5.74, 6) is 0.289. The summed E-state index contributed by atoms with van der Waals surface area (Å²) in [6, 6.07) is 13.2. The van der Waals surface area contributed by atoms with Crippen LogP contribution in [0.15, 0.2) is 48.5 Å². The number of ketones is 1. The lowest BCUT2D eigenvalue weighted by Gasteiger charge is -2.25. The topological polar surface area (TPSA) is 55.8 Å². The highest BCUT2D eigenvalue weighted by atomic mass is 35.5. The van der Waals surface area contributed by atoms with Gasteiger partial charge in [0, 0.05) is 29.2 Å². The van der Waals surface area contributed by atoms with Gasteiger partial charge in [0.25, 0.3) is 0 Å². The number of carbonyl (C=O) groups is 2. The van der Waals surface area contributed by atoms with Crippen molar-refractivity contribution < 1.29 is 19.1 Å². The van der Waals surface area contributed by atoms with Crippen molar-refractivity contribution in [3.8, 4) is 5.75 Å². The molecule has 6 heteroatoms. The van der Waals surface area contributed by atoms with Crippen molar-refractivity contribution in [2.45, 2.75) is 0 Å². The molecule has 0 N–H and O–H groups in total. The number of carbonyl (C=O) groups excluding carboxylic acids is 2. The zero-order chi connectivity index (χ0) is 16.9. The first-order valence-corrected chi connectivity index (χ1v) is 7.96. The van der Waals surface area contributed by atoms with E-state index in [2.05, 4.69) is 0 Å². The highest BCUT2D eigenvalue weighted by Crippen LogP contribution is 2.18. The molecule has 1 aliphatic heterocycles. The minimum atomic E-state index is -0.407. The zero-order valence-corrected chi connectivity index (χ0v) is 13.7. The summed E-state index contributed by atoms with van der Waals surface area (Å²) < 4.78 is 10.5. The number of hydrogen-bond acceptors (Lipinski definition) is 4. The summed E-state index contributed by atoms with van der Waals surface area (Å²) >= 11 is 5.82. The Kier molecular flexibility index (Phi) is 5.13. The SMILES string of the molecule is O=C(c1ccc(Cl)cc1)c1ccc(OC(=O)N2CCOCC2)cc1. The van der Waals surface area contributed by atoms with E-state index < -0.39 is 6.09 Å². The normalized spacial score (nSPS) is 14.3. The Morgan fingerprint density at radius 2 is 1.46 bits per heavy atom. The van der Waals surface area contributed by atoms with Crippen LogP contribution in [-0.2, 0) is 4.74 Å². The first-order chi connectivity index (χ1) is 11.6. The molecular weight excluding hydrogens is 330 g/mol. The minimum Gasteiger partial charge on any atom is -0.410 e. The average molecular weight is 346 g/mol. The third-order valence-corrected chi connectivity index (χ3v) is 3.95. The van der Waals surface area contributed by atoms with Crippen LogP contribution in [0.4, 0.5) is 4.79 Å². The van der Waals surface area contributed by atoms with Crippen molar-refractivity contribution >= 4 is 23.5 Å². The van der Waals surface area contributed by atoms with Crippen LogP contribution in [0, 0.1) is 0 Å². The van der Waals surface area contributed by atoms with Crippen molar-refractivity contribution in [2.24, 2.45) is 0 Å². The first kappa shape index (κ1) is 16.5. The Balaban J connectivity index is 1.65. The van der Waals surface area contributed by atoms with Gasteiger partial charge in [-0.05, 0) is 48.5 Å². The quantitative estimate of drug-likeness (QED) is 0.800. The molecular formula is C18H16ClNO4. The van der Waals surface area contributed by atoms with Gasteiger partial charge in [-0.3, -0.25) is 4.79 Å². The van der Waals surface area contributed by atoms with E-state index in [0.717, 1.165) is 0 Å². The molecule has 1 fully saturated rings. The van der Waals surface area contributed by atoms with E-state index in [9.17, 15) is 9.59 Å². The third-order valence-electron chi connectivity index (χ3n) is 3.70. The number of morpholine rings is 1. The molecule has 1 aliphatic rings. The first-order valence-electron chi connectivity index (χ1n) is 7.58. The van der Waals surface area contributed by atoms with Crippen molar-refractivity contribution in [2.75, 3.05) is 26.3 Å². The van der Waals surface area contributed by atoms with Crippen LogP contribution in [-0.4, -0.2) is 43.1 Å². The number of nitrogens with zero attached hydrogens (tertiary/aromatic N) is 1. The molecule has 0 bridgehead atoms. The fourth-order valence-corrected chi connectivity index (χ4v) is 2.48. The lowest BCUT2D eigenvalue weighted by atomic mass is 10.0. The van der Waals surface area contributed by atoms with Gasteiger partial charge in [0.05, 0.1) is 13.2 Å². The Morgan fingerprint density at radius 3 is 2.04 bits per heavy atom. The van der Waals surface area contributed by atoms with Gasteiger partial charge in [-0.25, -0.2) is 4.79 Å². The Morgan fingerprint density at radius 1 is 0.917 bits per heavy atom. The van der Waals surface area contributed by atoms with Crippen LogP contribution in [0.25, 0.3) is 0 Å². The van der Waals surface area contributed by atoms with E-state index in [-0.39, 0.29) is 5.78 Å². The van der Waals surface area contributed by atoms with Crippen LogP contribution in [0.3, 0.4) is 0 Å². The van der Waals surface area contributed by atoms with Gasteiger partial charge in [-0.1, -0.05) is 11.6 Å². The number of amides is 1. The van der Waals surface area contributed by atoms with E-state index in [1.165, 1.54) is 0 Å². The Labute approximate surface area is 144 Å². The van der Waals surface area contributed by atoms with E-state index >= 15 is 0 Å². The maximum atomic E-state index is 12.4. The number of halogens is 1. The molecule has 2 aromatic rings. The largest absolute Gasteiger partial charge is 0.415 e. The van der Waals surface area contributed by atoms with Crippen LogP contribution < -0.4 is 4.74 Å². The van der Waals surface area contributed by atoms with Gasteiger partial charge in [-0.15, -0.1) is 0 Å². The summed E-state index contributed by atoms with van der Waals surface area (Å²) in [7, 11) is 0. The summed E-state index contributed by atoms with van der Waals surface area (Å²) in [5.41, 5.74) is 1.07. The van der Waals surface area contributed by atoms with Gasteiger partial charge in [0.1, 0.15) is 5.75 Å². The number of rotatable bonds is 3. The smallest absolute Gasteiger partial charge is 0.410 e. The van der Waals surface area contributed by atoms with Gasteiger partial charge in [-0.2, -0.15) is 0 Å². The molecule has 3 rings (SSSR count). The molecule has 1 heterocycles. The molecule has 0 aliphatic carbocycles. The van der Waals surface area contributed by atoms with Crippen molar-refractivity contribution in [1.82, 2.24) is 4.90 Å². The van der Waals surface area contributed by atoms with Crippen molar-refractivity contribution in [3.05, 3.63) is 64.7 Å². The van der Waals surface area contributed by atoms with Crippen LogP contribution in [0.1, 0.15) is 15.9 Å². The molecule has 0 aromatic heterocycles. The van der Waals surface area contributed by atoms with Crippen molar-refractivity contribution in [3.63, 3.8) is 0 Å². The minimum absolute atomic E-state index is 0.113.